The maximum atomic E-state index is 5.94. The van der Waals surface area contributed by atoms with Gasteiger partial charge in [-0.2, -0.15) is 0 Å². The van der Waals surface area contributed by atoms with Gasteiger partial charge in [-0.05, 0) is 49.4 Å². The van der Waals surface area contributed by atoms with Gasteiger partial charge in [-0.15, -0.1) is 22.0 Å². The van der Waals surface area contributed by atoms with Gasteiger partial charge in [0.2, 0.25) is 5.89 Å². The van der Waals surface area contributed by atoms with Crippen LogP contribution in [0.2, 0.25) is 0 Å². The smallest absolute Gasteiger partial charge is 0.253 e. The average molecular weight is 389 g/mol. The zero-order valence-electron chi connectivity index (χ0n) is 15.5. The number of aryl methyl sites for hydroxylation is 3. The number of rotatable bonds is 5. The Hall–Kier alpha value is -2.86. The molecule has 1 aliphatic rings. The molecule has 0 spiro atoms. The van der Waals surface area contributed by atoms with Crippen LogP contribution in [0.1, 0.15) is 29.2 Å². The van der Waals surface area contributed by atoms with Crippen molar-refractivity contribution in [1.82, 2.24) is 15.4 Å². The number of fused-ring (bicyclic) bond motifs is 1. The second-order valence-electron chi connectivity index (χ2n) is 6.90. The fourth-order valence-electron chi connectivity index (χ4n) is 3.61. The Morgan fingerprint density at radius 3 is 2.75 bits per heavy atom. The summed E-state index contributed by atoms with van der Waals surface area (Å²) in [6.07, 6.45) is 3.65. The summed E-state index contributed by atoms with van der Waals surface area (Å²) in [5.74, 6) is 2.35. The molecule has 0 fully saturated rings. The van der Waals surface area contributed by atoms with Gasteiger partial charge in [0.15, 0.2) is 0 Å². The molecule has 2 aromatic carbocycles. The number of benzene rings is 2. The maximum Gasteiger partial charge on any atom is 0.253 e. The lowest BCUT2D eigenvalue weighted by atomic mass is 10.1. The number of aromatic nitrogens is 3. The standard InChI is InChI=1S/C22H19N3O2S/c1-14-20(21(25-27-14)16-6-3-2-4-7-16)22-24-23-19(26-22)13-28-18-11-10-15-8-5-9-17(15)12-18/h2-4,6-7,10-12H,5,8-9,13H2,1H3. The fraction of sp³-hybridized carbons (Fsp3) is 0.227. The molecule has 0 radical (unpaired) electrons. The lowest BCUT2D eigenvalue weighted by Crippen LogP contribution is -1.84. The first-order valence-corrected chi connectivity index (χ1v) is 10.4. The summed E-state index contributed by atoms with van der Waals surface area (Å²) in [5, 5.41) is 12.7. The Kier molecular flexibility index (Phi) is 4.49. The summed E-state index contributed by atoms with van der Waals surface area (Å²) in [7, 11) is 0. The number of hydrogen-bond acceptors (Lipinski definition) is 6. The van der Waals surface area contributed by atoms with E-state index in [1.54, 1.807) is 11.8 Å². The van der Waals surface area contributed by atoms with E-state index in [4.69, 9.17) is 8.94 Å². The van der Waals surface area contributed by atoms with Crippen LogP contribution in [0.4, 0.5) is 0 Å². The molecule has 5 rings (SSSR count). The monoisotopic (exact) mass is 389 g/mol. The van der Waals surface area contributed by atoms with E-state index in [2.05, 4.69) is 33.6 Å². The lowest BCUT2D eigenvalue weighted by Gasteiger charge is -2.03. The summed E-state index contributed by atoms with van der Waals surface area (Å²) in [6.45, 7) is 1.86. The fourth-order valence-corrected chi connectivity index (χ4v) is 4.41. The first-order valence-electron chi connectivity index (χ1n) is 9.37. The molecule has 2 heterocycles. The summed E-state index contributed by atoms with van der Waals surface area (Å²) >= 11 is 1.72. The molecule has 0 atom stereocenters. The molecule has 6 heteroatoms. The number of hydrogen-bond donors (Lipinski definition) is 0. The Morgan fingerprint density at radius 1 is 1.00 bits per heavy atom. The van der Waals surface area contributed by atoms with Crippen LogP contribution in [-0.2, 0) is 18.6 Å². The van der Waals surface area contributed by atoms with Crippen molar-refractivity contribution in [2.45, 2.75) is 36.8 Å². The number of nitrogens with zero attached hydrogens (tertiary/aromatic N) is 3. The molecule has 0 aliphatic heterocycles. The van der Waals surface area contributed by atoms with Gasteiger partial charge in [0.1, 0.15) is 17.0 Å². The van der Waals surface area contributed by atoms with Crippen LogP contribution in [0.3, 0.4) is 0 Å². The van der Waals surface area contributed by atoms with E-state index in [-0.39, 0.29) is 0 Å². The molecule has 0 bridgehead atoms. The van der Waals surface area contributed by atoms with Gasteiger partial charge in [-0.1, -0.05) is 41.6 Å². The molecule has 140 valence electrons. The van der Waals surface area contributed by atoms with Crippen molar-refractivity contribution >= 4 is 11.8 Å². The third-order valence-corrected chi connectivity index (χ3v) is 6.00. The van der Waals surface area contributed by atoms with Crippen molar-refractivity contribution in [2.24, 2.45) is 0 Å². The van der Waals surface area contributed by atoms with Crippen molar-refractivity contribution in [2.75, 3.05) is 0 Å². The summed E-state index contributed by atoms with van der Waals surface area (Å²) < 4.78 is 11.3. The van der Waals surface area contributed by atoms with Crippen LogP contribution in [0, 0.1) is 6.92 Å². The van der Waals surface area contributed by atoms with Crippen LogP contribution >= 0.6 is 11.8 Å². The van der Waals surface area contributed by atoms with Gasteiger partial charge >= 0.3 is 0 Å². The summed E-state index contributed by atoms with van der Waals surface area (Å²) in [4.78, 5) is 1.24. The van der Waals surface area contributed by atoms with E-state index in [1.165, 1.54) is 35.3 Å². The minimum atomic E-state index is 0.446. The normalized spacial score (nSPS) is 13.0. The average Bonchev–Trinajstić information content (AvgIpc) is 3.46. The number of thioether (sulfide) groups is 1. The van der Waals surface area contributed by atoms with Gasteiger partial charge in [0.05, 0.1) is 5.75 Å². The van der Waals surface area contributed by atoms with E-state index in [1.807, 2.05) is 37.3 Å². The Morgan fingerprint density at radius 2 is 1.86 bits per heavy atom. The van der Waals surface area contributed by atoms with Gasteiger partial charge in [-0.3, -0.25) is 0 Å². The van der Waals surface area contributed by atoms with Crippen molar-refractivity contribution in [3.05, 3.63) is 71.3 Å². The predicted octanol–water partition coefficient (Wildman–Crippen LogP) is 5.48. The summed E-state index contributed by atoms with van der Waals surface area (Å²) in [5.41, 5.74) is 5.40. The molecular weight excluding hydrogens is 370 g/mol. The van der Waals surface area contributed by atoms with E-state index in [9.17, 15) is 0 Å². The third-order valence-electron chi connectivity index (χ3n) is 5.02. The highest BCUT2D eigenvalue weighted by Crippen LogP contribution is 2.34. The van der Waals surface area contributed by atoms with Crippen molar-refractivity contribution in [3.8, 4) is 22.7 Å². The second kappa shape index (κ2) is 7.28. The third kappa shape index (κ3) is 3.24. The molecule has 0 unspecified atom stereocenters. The molecule has 4 aromatic rings. The molecule has 28 heavy (non-hydrogen) atoms. The highest BCUT2D eigenvalue weighted by Gasteiger charge is 2.22. The minimum absolute atomic E-state index is 0.446. The Balaban J connectivity index is 1.36. The van der Waals surface area contributed by atoms with Gasteiger partial charge in [-0.25, -0.2) is 0 Å². The van der Waals surface area contributed by atoms with E-state index in [0.29, 0.717) is 23.3 Å². The van der Waals surface area contributed by atoms with Crippen LogP contribution in [-0.4, -0.2) is 15.4 Å². The van der Waals surface area contributed by atoms with Crippen LogP contribution in [0.15, 0.2) is 62.4 Å². The first-order chi connectivity index (χ1) is 13.8. The van der Waals surface area contributed by atoms with E-state index < -0.39 is 0 Å². The second-order valence-corrected chi connectivity index (χ2v) is 7.95. The van der Waals surface area contributed by atoms with Gasteiger partial charge < -0.3 is 8.94 Å². The van der Waals surface area contributed by atoms with Crippen molar-refractivity contribution in [3.63, 3.8) is 0 Å². The van der Waals surface area contributed by atoms with Crippen molar-refractivity contribution in [1.29, 1.82) is 0 Å². The molecule has 5 nitrogen and oxygen atoms in total. The Labute approximate surface area is 167 Å². The molecule has 0 N–H and O–H groups in total. The van der Waals surface area contributed by atoms with E-state index >= 15 is 0 Å². The van der Waals surface area contributed by atoms with Crippen LogP contribution < -0.4 is 0 Å². The molecule has 0 saturated carbocycles. The van der Waals surface area contributed by atoms with Crippen LogP contribution in [0.25, 0.3) is 22.7 Å². The van der Waals surface area contributed by atoms with E-state index in [0.717, 1.165) is 16.8 Å². The molecule has 0 amide bonds. The lowest BCUT2D eigenvalue weighted by molar-refractivity contribution is 0.399. The summed E-state index contributed by atoms with van der Waals surface area (Å²) in [6, 6.07) is 16.6. The zero-order valence-corrected chi connectivity index (χ0v) is 16.3. The van der Waals surface area contributed by atoms with Gasteiger partial charge in [0, 0.05) is 10.5 Å². The quantitative estimate of drug-likeness (QED) is 0.421. The predicted molar refractivity (Wildman–Crippen MR) is 108 cm³/mol. The topological polar surface area (TPSA) is 65.0 Å². The minimum Gasteiger partial charge on any atom is -0.420 e. The Bertz CT molecular complexity index is 1120. The van der Waals surface area contributed by atoms with Gasteiger partial charge in [0.25, 0.3) is 5.89 Å². The molecular formula is C22H19N3O2S. The molecule has 2 aromatic heterocycles. The van der Waals surface area contributed by atoms with Crippen molar-refractivity contribution < 1.29 is 8.94 Å². The highest BCUT2D eigenvalue weighted by atomic mass is 32.2. The highest BCUT2D eigenvalue weighted by molar-refractivity contribution is 7.98. The first kappa shape index (κ1) is 17.3. The van der Waals surface area contributed by atoms with Crippen LogP contribution in [0.5, 0.6) is 0 Å². The SMILES string of the molecule is Cc1onc(-c2ccccc2)c1-c1nnc(CSc2ccc3c(c2)CCC3)o1. The zero-order chi connectivity index (χ0) is 18.9. The molecule has 1 aliphatic carbocycles. The maximum absolute atomic E-state index is 5.94. The molecule has 0 saturated heterocycles. The largest absolute Gasteiger partial charge is 0.420 e.